The van der Waals surface area contributed by atoms with Crippen molar-refractivity contribution in [1.29, 1.82) is 0 Å². The molecule has 0 amide bonds. The summed E-state index contributed by atoms with van der Waals surface area (Å²) in [7, 11) is -9.28. The molecule has 1 radical (unpaired) electrons. The maximum absolute atomic E-state index is 10.3. The Morgan fingerprint density at radius 2 is 1.19 bits per heavy atom. The van der Waals surface area contributed by atoms with E-state index in [1.807, 2.05) is 13.8 Å². The summed E-state index contributed by atoms with van der Waals surface area (Å²) in [5, 5.41) is 0. The predicted molar refractivity (Wildman–Crippen MR) is 95.9 cm³/mol. The summed E-state index contributed by atoms with van der Waals surface area (Å²) in [4.78, 5) is 39.0. The average Bonchev–Trinajstić information content (AvgIpc) is 2.54. The van der Waals surface area contributed by atoms with Crippen molar-refractivity contribution in [3.63, 3.8) is 0 Å². The third-order valence-electron chi connectivity index (χ3n) is 4.03. The molecule has 0 aliphatic rings. The van der Waals surface area contributed by atoms with Gasteiger partial charge in [-0.2, -0.15) is 0 Å². The Morgan fingerprint density at radius 1 is 0.815 bits per heavy atom. The number of hydrogen-bond acceptors (Lipinski definition) is 7. The van der Waals surface area contributed by atoms with Gasteiger partial charge in [0, 0.05) is 0 Å². The van der Waals surface area contributed by atoms with Gasteiger partial charge in [-0.05, 0) is 24.7 Å². The zero-order valence-corrected chi connectivity index (χ0v) is 21.9. The van der Waals surface area contributed by atoms with Crippen molar-refractivity contribution in [1.82, 2.24) is 0 Å². The average molecular weight is 562 g/mol. The zero-order valence-electron chi connectivity index (χ0n) is 16.9. The van der Waals surface area contributed by atoms with Gasteiger partial charge in [0.25, 0.3) is 7.82 Å². The largest absolute Gasteiger partial charge is 3.00 e. The SMILES string of the molecule is CCCCC(CC)COP(=O)([O-])O.CCCCC(CC)COP(=O)([O-])[O-].[Nd+3]. The van der Waals surface area contributed by atoms with Crippen LogP contribution in [0.25, 0.3) is 0 Å². The van der Waals surface area contributed by atoms with Crippen LogP contribution in [-0.2, 0) is 18.2 Å². The Hall–Kier alpha value is 1.57. The van der Waals surface area contributed by atoms with Crippen LogP contribution in [0, 0.1) is 52.7 Å². The molecule has 0 fully saturated rings. The maximum atomic E-state index is 10.3. The van der Waals surface area contributed by atoms with Gasteiger partial charge in [-0.3, -0.25) is 4.57 Å². The molecule has 3 atom stereocenters. The number of phosphoric ester groups is 2. The van der Waals surface area contributed by atoms with Gasteiger partial charge in [0.1, 0.15) is 0 Å². The standard InChI is InChI=1S/2C8H19O4P.Nd/c2*1-3-5-6-8(4-2)7-12-13(9,10)11;/h2*8H,3-7H2,1-2H3,(H2,9,10,11);/q;;+3/p-3. The third kappa shape index (κ3) is 27.6. The van der Waals surface area contributed by atoms with E-state index in [9.17, 15) is 23.8 Å². The first-order valence-electron chi connectivity index (χ1n) is 9.33. The molecule has 0 heterocycles. The molecule has 0 aromatic carbocycles. The van der Waals surface area contributed by atoms with Gasteiger partial charge >= 0.3 is 40.8 Å². The maximum Gasteiger partial charge on any atom is 3.00 e. The van der Waals surface area contributed by atoms with E-state index >= 15 is 0 Å². The Labute approximate surface area is 197 Å². The van der Waals surface area contributed by atoms with Crippen molar-refractivity contribution >= 4 is 15.6 Å². The first kappa shape index (κ1) is 33.2. The molecule has 1 N–H and O–H groups in total. The summed E-state index contributed by atoms with van der Waals surface area (Å²) in [5.41, 5.74) is 0. The van der Waals surface area contributed by atoms with Crippen LogP contribution in [0.2, 0.25) is 0 Å². The molecule has 161 valence electrons. The number of rotatable bonds is 14. The molecule has 0 aliphatic carbocycles. The Morgan fingerprint density at radius 3 is 1.44 bits per heavy atom. The molecule has 3 unspecified atom stereocenters. The van der Waals surface area contributed by atoms with E-state index < -0.39 is 15.6 Å². The van der Waals surface area contributed by atoms with E-state index in [0.717, 1.165) is 51.4 Å². The van der Waals surface area contributed by atoms with Gasteiger partial charge in [0.05, 0.1) is 21.0 Å². The van der Waals surface area contributed by atoms with E-state index in [4.69, 9.17) is 4.89 Å². The molecule has 0 rings (SSSR count). The molecule has 0 saturated carbocycles. The van der Waals surface area contributed by atoms with Crippen molar-refractivity contribution in [3.8, 4) is 0 Å². The van der Waals surface area contributed by atoms with Crippen LogP contribution < -0.4 is 14.7 Å². The van der Waals surface area contributed by atoms with Gasteiger partial charge in [0.15, 0.2) is 0 Å². The number of unbranched alkanes of at least 4 members (excludes halogenated alkanes) is 2. The van der Waals surface area contributed by atoms with Gasteiger partial charge in [0.2, 0.25) is 0 Å². The first-order valence-corrected chi connectivity index (χ1v) is 12.3. The molecular weight excluding hydrogens is 526 g/mol. The fourth-order valence-corrected chi connectivity index (χ4v) is 2.99. The quantitative estimate of drug-likeness (QED) is 0.319. The Balaban J connectivity index is -0.000000411. The summed E-state index contributed by atoms with van der Waals surface area (Å²) in [6.07, 6.45) is 7.87. The molecular formula is C16H35NdO8P2. The number of hydrogen-bond donors (Lipinski definition) is 1. The van der Waals surface area contributed by atoms with Crippen molar-refractivity contribution in [2.45, 2.75) is 79.1 Å². The van der Waals surface area contributed by atoms with Gasteiger partial charge in [-0.15, -0.1) is 0 Å². The predicted octanol–water partition coefficient (Wildman–Crippen LogP) is 2.73. The van der Waals surface area contributed by atoms with Crippen LogP contribution >= 0.6 is 15.6 Å². The van der Waals surface area contributed by atoms with Crippen molar-refractivity contribution < 1.29 is 78.6 Å². The molecule has 0 aliphatic heterocycles. The molecule has 11 heteroatoms. The summed E-state index contributed by atoms with van der Waals surface area (Å²) in [6, 6.07) is 0. The Kier molecular flexibility index (Phi) is 24.0. The summed E-state index contributed by atoms with van der Waals surface area (Å²) >= 11 is 0. The van der Waals surface area contributed by atoms with E-state index in [1.54, 1.807) is 0 Å². The molecule has 8 nitrogen and oxygen atoms in total. The minimum absolute atomic E-state index is 0. The van der Waals surface area contributed by atoms with Crippen LogP contribution in [0.5, 0.6) is 0 Å². The monoisotopic (exact) mass is 559 g/mol. The van der Waals surface area contributed by atoms with Gasteiger partial charge < -0.3 is 33.2 Å². The minimum Gasteiger partial charge on any atom is -0.790 e. The Bertz CT molecular complexity index is 375. The van der Waals surface area contributed by atoms with Gasteiger partial charge in [-0.1, -0.05) is 66.2 Å². The normalized spacial score (nSPS) is 15.7. The van der Waals surface area contributed by atoms with E-state index in [0.29, 0.717) is 0 Å². The van der Waals surface area contributed by atoms with E-state index in [2.05, 4.69) is 22.9 Å². The molecule has 0 spiro atoms. The second-order valence-corrected chi connectivity index (χ2v) is 8.69. The fraction of sp³-hybridized carbons (Fsp3) is 1.00. The molecule has 0 saturated heterocycles. The smallest absolute Gasteiger partial charge is 0.790 e. The summed E-state index contributed by atoms with van der Waals surface area (Å²) < 4.78 is 29.0. The first-order chi connectivity index (χ1) is 12.0. The topological polar surface area (TPSA) is 142 Å². The summed E-state index contributed by atoms with van der Waals surface area (Å²) in [6.45, 7) is 8.24. The fourth-order valence-electron chi connectivity index (χ4n) is 2.19. The van der Waals surface area contributed by atoms with Gasteiger partial charge in [-0.25, -0.2) is 0 Å². The molecule has 0 aromatic heterocycles. The minimum atomic E-state index is -4.76. The van der Waals surface area contributed by atoms with E-state index in [1.165, 1.54) is 0 Å². The van der Waals surface area contributed by atoms with Crippen LogP contribution in [0.4, 0.5) is 0 Å². The molecule has 27 heavy (non-hydrogen) atoms. The zero-order chi connectivity index (χ0) is 20.6. The number of phosphoric acid groups is 2. The van der Waals surface area contributed by atoms with Crippen LogP contribution in [0.1, 0.15) is 79.1 Å². The van der Waals surface area contributed by atoms with Crippen LogP contribution in [0.3, 0.4) is 0 Å². The molecule has 0 aromatic rings. The molecule has 0 bridgehead atoms. The van der Waals surface area contributed by atoms with Crippen LogP contribution in [-0.4, -0.2) is 18.1 Å². The van der Waals surface area contributed by atoms with E-state index in [-0.39, 0.29) is 65.9 Å². The third-order valence-corrected chi connectivity index (χ3v) is 4.97. The van der Waals surface area contributed by atoms with Crippen molar-refractivity contribution in [3.05, 3.63) is 0 Å². The van der Waals surface area contributed by atoms with Crippen LogP contribution in [0.15, 0.2) is 0 Å². The van der Waals surface area contributed by atoms with Crippen molar-refractivity contribution in [2.75, 3.05) is 13.2 Å². The second kappa shape index (κ2) is 19.5. The summed E-state index contributed by atoms with van der Waals surface area (Å²) in [5.74, 6) is 0.422. The van der Waals surface area contributed by atoms with Crippen molar-refractivity contribution in [2.24, 2.45) is 11.8 Å². The second-order valence-electron chi connectivity index (χ2n) is 6.34.